The molecular formula is C29H27ClN2OS. The lowest BCUT2D eigenvalue weighted by molar-refractivity contribution is -0.0320. The Kier molecular flexibility index (Phi) is 7.62. The zero-order valence-electron chi connectivity index (χ0n) is 18.9. The van der Waals surface area contributed by atoms with E-state index in [2.05, 4.69) is 77.7 Å². The zero-order valence-corrected chi connectivity index (χ0v) is 20.5. The summed E-state index contributed by atoms with van der Waals surface area (Å²) in [6.07, 6.45) is 1.90. The third-order valence-electron chi connectivity index (χ3n) is 6.07. The Balaban J connectivity index is 1.44. The largest absolute Gasteiger partial charge is 0.374 e. The Hall–Kier alpha value is -2.63. The van der Waals surface area contributed by atoms with Crippen molar-refractivity contribution < 1.29 is 4.74 Å². The second-order valence-electron chi connectivity index (χ2n) is 8.42. The van der Waals surface area contributed by atoms with Crippen LogP contribution in [0.1, 0.15) is 16.4 Å². The summed E-state index contributed by atoms with van der Waals surface area (Å²) in [6.45, 7) is 3.46. The van der Waals surface area contributed by atoms with Crippen molar-refractivity contribution in [1.82, 2.24) is 9.88 Å². The minimum atomic E-state index is 0.0472. The van der Waals surface area contributed by atoms with Gasteiger partial charge in [0.05, 0.1) is 18.0 Å². The molecule has 172 valence electrons. The molecule has 0 spiro atoms. The first-order valence-electron chi connectivity index (χ1n) is 11.6. The molecule has 0 radical (unpaired) electrons. The first-order chi connectivity index (χ1) is 16.8. The van der Waals surface area contributed by atoms with Gasteiger partial charge in [-0.3, -0.25) is 4.90 Å². The molecule has 0 N–H and O–H groups in total. The van der Waals surface area contributed by atoms with Crippen molar-refractivity contribution in [2.24, 2.45) is 0 Å². The molecule has 0 aliphatic carbocycles. The summed E-state index contributed by atoms with van der Waals surface area (Å²) in [5, 5.41) is 1.81. The monoisotopic (exact) mass is 486 g/mol. The fourth-order valence-electron chi connectivity index (χ4n) is 4.39. The number of thioether (sulfide) groups is 1. The molecule has 3 nitrogen and oxygen atoms in total. The fourth-order valence-corrected chi connectivity index (χ4v) is 5.91. The number of aromatic nitrogens is 1. The average molecular weight is 487 g/mol. The van der Waals surface area contributed by atoms with E-state index in [1.807, 2.05) is 30.5 Å². The van der Waals surface area contributed by atoms with Gasteiger partial charge in [0.15, 0.2) is 0 Å². The highest BCUT2D eigenvalue weighted by Crippen LogP contribution is 2.43. The van der Waals surface area contributed by atoms with Crippen LogP contribution in [0.15, 0.2) is 108 Å². The van der Waals surface area contributed by atoms with Crippen LogP contribution in [0.5, 0.6) is 0 Å². The van der Waals surface area contributed by atoms with Gasteiger partial charge in [-0.2, -0.15) is 0 Å². The van der Waals surface area contributed by atoms with Crippen LogP contribution in [0.4, 0.5) is 0 Å². The molecule has 0 saturated carbocycles. The number of morpholine rings is 1. The van der Waals surface area contributed by atoms with Gasteiger partial charge < -0.3 is 4.74 Å². The molecule has 5 heteroatoms. The van der Waals surface area contributed by atoms with Crippen molar-refractivity contribution in [3.63, 3.8) is 0 Å². The van der Waals surface area contributed by atoms with Gasteiger partial charge in [0, 0.05) is 42.0 Å². The minimum absolute atomic E-state index is 0.0472. The topological polar surface area (TPSA) is 25.4 Å². The molecule has 2 heterocycles. The molecule has 0 amide bonds. The van der Waals surface area contributed by atoms with E-state index in [9.17, 15) is 0 Å². The SMILES string of the molecule is Clc1ccccc1-c1cccnc1SC(c1ccccc1)C1CN(Cc2ccccc2)CCO1. The number of rotatable bonds is 7. The summed E-state index contributed by atoms with van der Waals surface area (Å²) in [7, 11) is 0. The number of ether oxygens (including phenoxy) is 1. The van der Waals surface area contributed by atoms with E-state index in [4.69, 9.17) is 21.3 Å². The van der Waals surface area contributed by atoms with E-state index >= 15 is 0 Å². The number of hydrogen-bond donors (Lipinski definition) is 0. The van der Waals surface area contributed by atoms with Gasteiger partial charge in [0.2, 0.25) is 0 Å². The Bertz CT molecular complexity index is 1200. The molecule has 5 rings (SSSR count). The van der Waals surface area contributed by atoms with Crippen LogP contribution in [-0.4, -0.2) is 35.7 Å². The van der Waals surface area contributed by atoms with E-state index in [-0.39, 0.29) is 11.4 Å². The number of pyridine rings is 1. The van der Waals surface area contributed by atoms with Crippen molar-refractivity contribution in [2.75, 3.05) is 19.7 Å². The number of nitrogens with zero attached hydrogens (tertiary/aromatic N) is 2. The van der Waals surface area contributed by atoms with Crippen molar-refractivity contribution in [3.05, 3.63) is 119 Å². The molecule has 0 bridgehead atoms. The predicted octanol–water partition coefficient (Wildman–Crippen LogP) is 7.14. The highest BCUT2D eigenvalue weighted by molar-refractivity contribution is 7.99. The molecule has 1 saturated heterocycles. The maximum absolute atomic E-state index is 6.56. The van der Waals surface area contributed by atoms with Gasteiger partial charge in [-0.15, -0.1) is 0 Å². The fraction of sp³-hybridized carbons (Fsp3) is 0.207. The lowest BCUT2D eigenvalue weighted by Gasteiger charge is -2.37. The van der Waals surface area contributed by atoms with E-state index in [1.54, 1.807) is 11.8 Å². The first-order valence-corrected chi connectivity index (χ1v) is 12.8. The third kappa shape index (κ3) is 5.53. The van der Waals surface area contributed by atoms with Gasteiger partial charge in [-0.1, -0.05) is 108 Å². The van der Waals surface area contributed by atoms with E-state index < -0.39 is 0 Å². The van der Waals surface area contributed by atoms with Crippen LogP contribution in [0.2, 0.25) is 5.02 Å². The Morgan fingerprint density at radius 2 is 1.59 bits per heavy atom. The summed E-state index contributed by atoms with van der Waals surface area (Å²) in [4.78, 5) is 7.27. The van der Waals surface area contributed by atoms with Crippen LogP contribution in [-0.2, 0) is 11.3 Å². The van der Waals surface area contributed by atoms with Crippen LogP contribution >= 0.6 is 23.4 Å². The van der Waals surface area contributed by atoms with Crippen molar-refractivity contribution in [2.45, 2.75) is 22.9 Å². The van der Waals surface area contributed by atoms with E-state index in [0.717, 1.165) is 47.4 Å². The quantitative estimate of drug-likeness (QED) is 0.259. The standard InChI is InChI=1S/C29H27ClN2OS/c30-26-16-8-7-14-24(26)25-15-9-17-31-29(25)34-28(23-12-5-2-6-13-23)27-21-32(18-19-33-27)20-22-10-3-1-4-11-22/h1-17,27-28H,18-21H2. The summed E-state index contributed by atoms with van der Waals surface area (Å²) < 4.78 is 6.39. The maximum atomic E-state index is 6.56. The number of hydrogen-bond acceptors (Lipinski definition) is 4. The molecule has 1 aliphatic rings. The maximum Gasteiger partial charge on any atom is 0.105 e. The number of benzene rings is 3. The third-order valence-corrected chi connectivity index (χ3v) is 7.77. The molecule has 34 heavy (non-hydrogen) atoms. The molecular weight excluding hydrogens is 460 g/mol. The molecule has 1 fully saturated rings. The molecule has 1 aromatic heterocycles. The van der Waals surface area contributed by atoms with Crippen LogP contribution in [0.25, 0.3) is 11.1 Å². The Morgan fingerprint density at radius 3 is 2.38 bits per heavy atom. The molecule has 2 atom stereocenters. The second-order valence-corrected chi connectivity index (χ2v) is 9.95. The van der Waals surface area contributed by atoms with E-state index in [0.29, 0.717) is 0 Å². The Labute approximate surface area is 210 Å². The second kappa shape index (κ2) is 11.2. The average Bonchev–Trinajstić information content (AvgIpc) is 2.89. The van der Waals surface area contributed by atoms with E-state index in [1.165, 1.54) is 11.1 Å². The molecule has 2 unspecified atom stereocenters. The summed E-state index contributed by atoms with van der Waals surface area (Å²) in [6, 6.07) is 33.3. The lowest BCUT2D eigenvalue weighted by Crippen LogP contribution is -2.44. The predicted molar refractivity (Wildman–Crippen MR) is 141 cm³/mol. The smallest absolute Gasteiger partial charge is 0.105 e. The lowest BCUT2D eigenvalue weighted by atomic mass is 10.1. The van der Waals surface area contributed by atoms with Gasteiger partial charge >= 0.3 is 0 Å². The van der Waals surface area contributed by atoms with Gasteiger partial charge in [-0.05, 0) is 23.3 Å². The van der Waals surface area contributed by atoms with Crippen molar-refractivity contribution >= 4 is 23.4 Å². The first kappa shape index (κ1) is 23.1. The molecule has 4 aromatic rings. The summed E-state index contributed by atoms with van der Waals surface area (Å²) >= 11 is 8.33. The van der Waals surface area contributed by atoms with Crippen LogP contribution < -0.4 is 0 Å². The Morgan fingerprint density at radius 1 is 0.882 bits per heavy atom. The summed E-state index contributed by atoms with van der Waals surface area (Å²) in [5.74, 6) is 0. The highest BCUT2D eigenvalue weighted by atomic mass is 35.5. The van der Waals surface area contributed by atoms with Crippen molar-refractivity contribution in [3.8, 4) is 11.1 Å². The molecule has 3 aromatic carbocycles. The zero-order chi connectivity index (χ0) is 23.2. The van der Waals surface area contributed by atoms with Crippen LogP contribution in [0, 0.1) is 0 Å². The van der Waals surface area contributed by atoms with Crippen LogP contribution in [0.3, 0.4) is 0 Å². The van der Waals surface area contributed by atoms with Gasteiger partial charge in [0.25, 0.3) is 0 Å². The minimum Gasteiger partial charge on any atom is -0.374 e. The normalized spacial score (nSPS) is 17.4. The van der Waals surface area contributed by atoms with Gasteiger partial charge in [-0.25, -0.2) is 4.98 Å². The van der Waals surface area contributed by atoms with Crippen molar-refractivity contribution in [1.29, 1.82) is 0 Å². The number of halogens is 1. The molecule has 1 aliphatic heterocycles. The van der Waals surface area contributed by atoms with Gasteiger partial charge in [0.1, 0.15) is 5.03 Å². The highest BCUT2D eigenvalue weighted by Gasteiger charge is 2.31. The summed E-state index contributed by atoms with van der Waals surface area (Å²) in [5.41, 5.74) is 4.63.